The summed E-state index contributed by atoms with van der Waals surface area (Å²) < 4.78 is 0. The molecule has 0 spiro atoms. The summed E-state index contributed by atoms with van der Waals surface area (Å²) >= 11 is 0. The topological polar surface area (TPSA) is 95.6 Å². The Morgan fingerprint density at radius 3 is 3.00 bits per heavy atom. The molecule has 0 saturated carbocycles. The van der Waals surface area contributed by atoms with Crippen LogP contribution in [0, 0.1) is 0 Å². The highest BCUT2D eigenvalue weighted by Crippen LogP contribution is 2.03. The van der Waals surface area contributed by atoms with E-state index in [1.807, 2.05) is 0 Å². The fourth-order valence-corrected chi connectivity index (χ4v) is 1.32. The van der Waals surface area contributed by atoms with E-state index in [2.05, 4.69) is 31.3 Å². The normalized spacial score (nSPS) is 22.9. The highest BCUT2D eigenvalue weighted by atomic mass is 16.1. The molecule has 0 aromatic carbocycles. The van der Waals surface area contributed by atoms with Gasteiger partial charge in [0.15, 0.2) is 0 Å². The lowest BCUT2D eigenvalue weighted by Gasteiger charge is -2.22. The van der Waals surface area contributed by atoms with E-state index in [1.54, 1.807) is 0 Å². The molecule has 1 atom stereocenters. The van der Waals surface area contributed by atoms with Crippen molar-refractivity contribution in [1.82, 2.24) is 31.3 Å². The summed E-state index contributed by atoms with van der Waals surface area (Å²) in [5.74, 6) is 0. The second-order valence-electron chi connectivity index (χ2n) is 2.83. The summed E-state index contributed by atoms with van der Waals surface area (Å²) in [5, 5.41) is 19.0. The fraction of sp³-hybridized carbons (Fsp3) is 0.667. The highest BCUT2D eigenvalue weighted by Gasteiger charge is 2.18. The summed E-state index contributed by atoms with van der Waals surface area (Å²) in [6.07, 6.45) is 0. The Kier molecular flexibility index (Phi) is 2.28. The molecule has 0 amide bonds. The van der Waals surface area contributed by atoms with Gasteiger partial charge in [0.25, 0.3) is 5.56 Å². The van der Waals surface area contributed by atoms with Crippen LogP contribution in [0.25, 0.3) is 0 Å². The van der Waals surface area contributed by atoms with Gasteiger partial charge in [0.05, 0.1) is 6.04 Å². The van der Waals surface area contributed by atoms with Crippen LogP contribution in [0.15, 0.2) is 4.79 Å². The van der Waals surface area contributed by atoms with Gasteiger partial charge in [0, 0.05) is 19.6 Å². The number of aromatic nitrogens is 4. The summed E-state index contributed by atoms with van der Waals surface area (Å²) in [4.78, 5) is 11.2. The van der Waals surface area contributed by atoms with Crippen LogP contribution < -0.4 is 16.2 Å². The third-order valence-corrected chi connectivity index (χ3v) is 1.95. The van der Waals surface area contributed by atoms with Crippen molar-refractivity contribution in [3.8, 4) is 0 Å². The van der Waals surface area contributed by atoms with Crippen molar-refractivity contribution in [2.24, 2.45) is 0 Å². The molecule has 1 aromatic heterocycles. The molecule has 1 unspecified atom stereocenters. The number of piperazine rings is 1. The lowest BCUT2D eigenvalue weighted by atomic mass is 10.2. The summed E-state index contributed by atoms with van der Waals surface area (Å²) in [6, 6.07) is -0.0620. The van der Waals surface area contributed by atoms with E-state index in [1.165, 1.54) is 0 Å². The first kappa shape index (κ1) is 8.27. The van der Waals surface area contributed by atoms with Crippen LogP contribution in [-0.4, -0.2) is 40.3 Å². The van der Waals surface area contributed by atoms with Crippen LogP contribution in [0.2, 0.25) is 0 Å². The second-order valence-corrected chi connectivity index (χ2v) is 2.83. The van der Waals surface area contributed by atoms with Gasteiger partial charge in [-0.3, -0.25) is 4.79 Å². The quantitative estimate of drug-likeness (QED) is 0.456. The Bertz CT molecular complexity index is 330. The van der Waals surface area contributed by atoms with Crippen molar-refractivity contribution in [2.75, 3.05) is 19.6 Å². The molecule has 1 fully saturated rings. The first-order chi connectivity index (χ1) is 6.38. The molecular formula is C6H10N6O. The maximum Gasteiger partial charge on any atom is 0.290 e. The first-order valence-corrected chi connectivity index (χ1v) is 4.10. The van der Waals surface area contributed by atoms with Crippen molar-refractivity contribution in [3.05, 3.63) is 16.0 Å². The minimum atomic E-state index is -0.281. The van der Waals surface area contributed by atoms with Crippen LogP contribution in [0.1, 0.15) is 11.7 Å². The zero-order valence-corrected chi connectivity index (χ0v) is 6.95. The largest absolute Gasteiger partial charge is 0.314 e. The predicted molar refractivity (Wildman–Crippen MR) is 44.1 cm³/mol. The molecule has 1 saturated heterocycles. The molecule has 7 heteroatoms. The zero-order valence-electron chi connectivity index (χ0n) is 6.95. The number of hydrogen-bond acceptors (Lipinski definition) is 6. The second kappa shape index (κ2) is 3.58. The number of nitrogens with one attached hydrogen (secondary N) is 3. The highest BCUT2D eigenvalue weighted by molar-refractivity contribution is 5.01. The van der Waals surface area contributed by atoms with E-state index in [-0.39, 0.29) is 11.6 Å². The van der Waals surface area contributed by atoms with Crippen LogP contribution in [0.4, 0.5) is 0 Å². The van der Waals surface area contributed by atoms with Crippen LogP contribution >= 0.6 is 0 Å². The van der Waals surface area contributed by atoms with Crippen molar-refractivity contribution in [2.45, 2.75) is 6.04 Å². The molecule has 1 aliphatic rings. The van der Waals surface area contributed by atoms with Gasteiger partial charge < -0.3 is 10.6 Å². The monoisotopic (exact) mass is 182 g/mol. The number of nitrogens with zero attached hydrogens (tertiary/aromatic N) is 3. The van der Waals surface area contributed by atoms with Crippen molar-refractivity contribution >= 4 is 0 Å². The molecule has 3 N–H and O–H groups in total. The molecule has 1 aliphatic heterocycles. The fourth-order valence-electron chi connectivity index (χ4n) is 1.32. The molecule has 1 aromatic rings. The minimum absolute atomic E-state index is 0.0620. The van der Waals surface area contributed by atoms with E-state index in [4.69, 9.17) is 0 Å². The van der Waals surface area contributed by atoms with Crippen molar-refractivity contribution in [3.63, 3.8) is 0 Å². The Hall–Kier alpha value is -1.34. The van der Waals surface area contributed by atoms with Crippen molar-refractivity contribution in [1.29, 1.82) is 0 Å². The Balaban J connectivity index is 2.24. The Morgan fingerprint density at radius 2 is 2.31 bits per heavy atom. The van der Waals surface area contributed by atoms with Gasteiger partial charge in [-0.05, 0) is 10.4 Å². The van der Waals surface area contributed by atoms with Crippen LogP contribution in [0.5, 0.6) is 0 Å². The molecule has 0 bridgehead atoms. The van der Waals surface area contributed by atoms with E-state index in [9.17, 15) is 4.79 Å². The maximum absolute atomic E-state index is 11.2. The molecule has 0 aliphatic carbocycles. The number of hydrogen-bond donors (Lipinski definition) is 3. The molecule has 2 rings (SSSR count). The van der Waals surface area contributed by atoms with Gasteiger partial charge in [-0.2, -0.15) is 0 Å². The lowest BCUT2D eigenvalue weighted by Crippen LogP contribution is -2.45. The van der Waals surface area contributed by atoms with Gasteiger partial charge in [-0.1, -0.05) is 0 Å². The third kappa shape index (κ3) is 1.70. The van der Waals surface area contributed by atoms with E-state index in [0.29, 0.717) is 12.2 Å². The van der Waals surface area contributed by atoms with Gasteiger partial charge in [-0.15, -0.1) is 5.10 Å². The van der Waals surface area contributed by atoms with Crippen molar-refractivity contribution < 1.29 is 0 Å². The number of H-pyrrole nitrogens is 1. The molecule has 2 heterocycles. The van der Waals surface area contributed by atoms with Crippen LogP contribution in [0.3, 0.4) is 0 Å². The Morgan fingerprint density at radius 1 is 1.38 bits per heavy atom. The van der Waals surface area contributed by atoms with E-state index >= 15 is 0 Å². The SMILES string of the molecule is O=c1[nH]nnnc1C1CNCCN1. The Labute approximate surface area is 73.9 Å². The van der Waals surface area contributed by atoms with E-state index in [0.717, 1.165) is 13.1 Å². The number of rotatable bonds is 1. The standard InChI is InChI=1S/C6H10N6O/c13-6-5(9-11-12-10-6)4-3-7-1-2-8-4/h4,7-8H,1-3H2,(H,10,11,13). The van der Waals surface area contributed by atoms with Gasteiger partial charge in [-0.25, -0.2) is 5.10 Å². The third-order valence-electron chi connectivity index (χ3n) is 1.95. The summed E-state index contributed by atoms with van der Waals surface area (Å²) in [5.41, 5.74) is 0.110. The van der Waals surface area contributed by atoms with Gasteiger partial charge >= 0.3 is 0 Å². The summed E-state index contributed by atoms with van der Waals surface area (Å²) in [7, 11) is 0. The number of aromatic amines is 1. The molecular weight excluding hydrogens is 172 g/mol. The predicted octanol–water partition coefficient (Wildman–Crippen LogP) is -2.21. The first-order valence-electron chi connectivity index (χ1n) is 4.10. The van der Waals surface area contributed by atoms with Gasteiger partial charge in [0.1, 0.15) is 5.69 Å². The molecule has 70 valence electrons. The average Bonchev–Trinajstić information content (AvgIpc) is 2.20. The average molecular weight is 182 g/mol. The van der Waals surface area contributed by atoms with Crippen LogP contribution in [-0.2, 0) is 0 Å². The zero-order chi connectivity index (χ0) is 9.10. The lowest BCUT2D eigenvalue weighted by molar-refractivity contribution is 0.413. The molecule has 13 heavy (non-hydrogen) atoms. The minimum Gasteiger partial charge on any atom is -0.314 e. The van der Waals surface area contributed by atoms with Gasteiger partial charge in [0.2, 0.25) is 0 Å². The van der Waals surface area contributed by atoms with E-state index < -0.39 is 0 Å². The maximum atomic E-state index is 11.2. The molecule has 7 nitrogen and oxygen atoms in total. The summed E-state index contributed by atoms with van der Waals surface area (Å²) in [6.45, 7) is 2.43. The molecule has 0 radical (unpaired) electrons. The smallest absolute Gasteiger partial charge is 0.290 e.